The molecule has 2 aromatic rings. The summed E-state index contributed by atoms with van der Waals surface area (Å²) in [5.41, 5.74) is 10.3. The van der Waals surface area contributed by atoms with Crippen LogP contribution in [-0.2, 0) is 7.05 Å². The van der Waals surface area contributed by atoms with E-state index in [1.54, 1.807) is 0 Å². The molecule has 0 amide bonds. The zero-order valence-corrected chi connectivity index (χ0v) is 9.72. The van der Waals surface area contributed by atoms with Crippen molar-refractivity contribution < 1.29 is 0 Å². The molecule has 86 valence electrons. The number of aryl methyl sites for hydroxylation is 1. The first-order valence-electron chi connectivity index (χ1n) is 5.66. The van der Waals surface area contributed by atoms with Crippen LogP contribution in [0.1, 0.15) is 12.0 Å². The van der Waals surface area contributed by atoms with Crippen LogP contribution >= 0.6 is 0 Å². The lowest BCUT2D eigenvalue weighted by molar-refractivity contribution is 0.962. The van der Waals surface area contributed by atoms with Gasteiger partial charge in [0.1, 0.15) is 5.82 Å². The molecule has 0 spiro atoms. The fraction of sp³-hybridized carbons (Fsp3) is 0.231. The van der Waals surface area contributed by atoms with Gasteiger partial charge in [0.25, 0.3) is 0 Å². The van der Waals surface area contributed by atoms with Gasteiger partial charge in [0.2, 0.25) is 0 Å². The van der Waals surface area contributed by atoms with E-state index in [2.05, 4.69) is 26.8 Å². The lowest BCUT2D eigenvalue weighted by atomic mass is 10.0. The fourth-order valence-corrected chi connectivity index (χ4v) is 2.22. The molecule has 2 N–H and O–H groups in total. The first kappa shape index (κ1) is 10.1. The summed E-state index contributed by atoms with van der Waals surface area (Å²) >= 11 is 0. The molecular weight excluding hydrogens is 212 g/mol. The normalized spacial score (nSPS) is 15.2. The summed E-state index contributed by atoms with van der Waals surface area (Å²) < 4.78 is 2.09. The average Bonchev–Trinajstić information content (AvgIpc) is 2.67. The van der Waals surface area contributed by atoms with Gasteiger partial charge in [-0.1, -0.05) is 0 Å². The Morgan fingerprint density at radius 3 is 3.00 bits per heavy atom. The number of anilines is 1. The second kappa shape index (κ2) is 3.73. The minimum absolute atomic E-state index is 0.565. The first-order valence-corrected chi connectivity index (χ1v) is 5.66. The molecule has 0 unspecified atom stereocenters. The van der Waals surface area contributed by atoms with Crippen LogP contribution in [0.15, 0.2) is 29.4 Å². The summed E-state index contributed by atoms with van der Waals surface area (Å²) in [6.07, 6.45) is 7.00. The van der Waals surface area contributed by atoms with Crippen LogP contribution < -0.4 is 5.73 Å². The van der Waals surface area contributed by atoms with Gasteiger partial charge >= 0.3 is 0 Å². The van der Waals surface area contributed by atoms with Crippen molar-refractivity contribution in [3.05, 3.63) is 30.0 Å². The van der Waals surface area contributed by atoms with E-state index in [0.29, 0.717) is 5.82 Å². The minimum Gasteiger partial charge on any atom is -0.384 e. The van der Waals surface area contributed by atoms with Crippen molar-refractivity contribution in [2.45, 2.75) is 6.42 Å². The average molecular weight is 226 g/mol. The Kier molecular flexibility index (Phi) is 2.21. The minimum atomic E-state index is 0.565. The maximum atomic E-state index is 5.77. The van der Waals surface area contributed by atoms with Gasteiger partial charge in [-0.2, -0.15) is 0 Å². The van der Waals surface area contributed by atoms with Crippen molar-refractivity contribution in [3.63, 3.8) is 0 Å². The second-order valence-corrected chi connectivity index (χ2v) is 4.25. The zero-order valence-electron chi connectivity index (χ0n) is 9.72. The standard InChI is InChI=1S/C13H14N4/c1-17-8-10(9-4-6-15-7-5-9)13-11(17)2-3-12(14)16-13/h2-4,6,8H,5,7H2,1H3,(H2,14,16). The van der Waals surface area contributed by atoms with Gasteiger partial charge in [-0.3, -0.25) is 4.99 Å². The summed E-state index contributed by atoms with van der Waals surface area (Å²) in [5, 5.41) is 0. The van der Waals surface area contributed by atoms with E-state index in [-0.39, 0.29) is 0 Å². The molecule has 0 bridgehead atoms. The van der Waals surface area contributed by atoms with E-state index >= 15 is 0 Å². The zero-order chi connectivity index (χ0) is 11.8. The largest absolute Gasteiger partial charge is 0.384 e. The highest BCUT2D eigenvalue weighted by atomic mass is 15.0. The maximum Gasteiger partial charge on any atom is 0.124 e. The van der Waals surface area contributed by atoms with Crippen LogP contribution in [0.5, 0.6) is 0 Å². The topological polar surface area (TPSA) is 56.2 Å². The molecule has 2 aromatic heterocycles. The summed E-state index contributed by atoms with van der Waals surface area (Å²) in [6, 6.07) is 3.85. The molecule has 0 aromatic carbocycles. The van der Waals surface area contributed by atoms with Crippen molar-refractivity contribution in [2.24, 2.45) is 12.0 Å². The molecule has 17 heavy (non-hydrogen) atoms. The van der Waals surface area contributed by atoms with E-state index in [0.717, 1.165) is 24.0 Å². The van der Waals surface area contributed by atoms with Crippen molar-refractivity contribution in [3.8, 4) is 0 Å². The van der Waals surface area contributed by atoms with E-state index in [1.165, 1.54) is 11.1 Å². The number of aliphatic imine (C=N–C) groups is 1. The molecule has 1 aliphatic heterocycles. The molecule has 0 fully saturated rings. The Bertz CT molecular complexity index is 634. The van der Waals surface area contributed by atoms with Crippen LogP contribution in [-0.4, -0.2) is 22.3 Å². The van der Waals surface area contributed by atoms with Crippen molar-refractivity contribution in [2.75, 3.05) is 12.3 Å². The van der Waals surface area contributed by atoms with Gasteiger partial charge in [0.05, 0.1) is 11.0 Å². The van der Waals surface area contributed by atoms with Crippen molar-refractivity contribution >= 4 is 28.6 Å². The fourth-order valence-electron chi connectivity index (χ4n) is 2.22. The Hall–Kier alpha value is -2.10. The number of hydrogen-bond donors (Lipinski definition) is 1. The Balaban J connectivity index is 2.25. The summed E-state index contributed by atoms with van der Waals surface area (Å²) in [5.74, 6) is 0.565. The number of pyridine rings is 1. The number of dihydropyridines is 1. The van der Waals surface area contributed by atoms with Gasteiger partial charge in [-0.15, -0.1) is 0 Å². The van der Waals surface area contributed by atoms with Gasteiger partial charge < -0.3 is 10.3 Å². The number of hydrogen-bond acceptors (Lipinski definition) is 3. The maximum absolute atomic E-state index is 5.77. The lowest BCUT2D eigenvalue weighted by Gasteiger charge is -2.06. The molecule has 3 rings (SSSR count). The highest BCUT2D eigenvalue weighted by Gasteiger charge is 2.13. The number of fused-ring (bicyclic) bond motifs is 1. The molecule has 0 saturated carbocycles. The summed E-state index contributed by atoms with van der Waals surface area (Å²) in [7, 11) is 2.03. The van der Waals surface area contributed by atoms with Crippen LogP contribution in [0.25, 0.3) is 16.6 Å². The molecule has 4 nitrogen and oxygen atoms in total. The van der Waals surface area contributed by atoms with Gasteiger partial charge in [-0.05, 0) is 30.2 Å². The van der Waals surface area contributed by atoms with Crippen LogP contribution in [0.2, 0.25) is 0 Å². The molecule has 1 aliphatic rings. The number of allylic oxidation sites excluding steroid dienone is 1. The molecule has 0 saturated heterocycles. The van der Waals surface area contributed by atoms with E-state index in [9.17, 15) is 0 Å². The second-order valence-electron chi connectivity index (χ2n) is 4.25. The Labute approximate surface area is 99.5 Å². The van der Waals surface area contributed by atoms with E-state index in [4.69, 9.17) is 5.73 Å². The molecule has 0 aliphatic carbocycles. The molecule has 0 atom stereocenters. The SMILES string of the molecule is Cn1cc(C2=CC=NCC2)c2nc(N)ccc21. The van der Waals surface area contributed by atoms with Crippen molar-refractivity contribution in [1.82, 2.24) is 9.55 Å². The molecule has 3 heterocycles. The van der Waals surface area contributed by atoms with E-state index in [1.807, 2.05) is 25.4 Å². The third-order valence-corrected chi connectivity index (χ3v) is 3.09. The van der Waals surface area contributed by atoms with Gasteiger partial charge in [0, 0.05) is 31.6 Å². The third kappa shape index (κ3) is 1.62. The monoisotopic (exact) mass is 226 g/mol. The quantitative estimate of drug-likeness (QED) is 0.808. The van der Waals surface area contributed by atoms with Crippen molar-refractivity contribution in [1.29, 1.82) is 0 Å². The number of rotatable bonds is 1. The highest BCUT2D eigenvalue weighted by molar-refractivity contribution is 5.95. The van der Waals surface area contributed by atoms with E-state index < -0.39 is 0 Å². The highest BCUT2D eigenvalue weighted by Crippen LogP contribution is 2.28. The van der Waals surface area contributed by atoms with Gasteiger partial charge in [0.15, 0.2) is 0 Å². The molecule has 4 heteroatoms. The Morgan fingerprint density at radius 1 is 1.35 bits per heavy atom. The third-order valence-electron chi connectivity index (χ3n) is 3.09. The number of nitrogen functional groups attached to an aromatic ring is 1. The molecule has 0 radical (unpaired) electrons. The van der Waals surface area contributed by atoms with Gasteiger partial charge in [-0.25, -0.2) is 4.98 Å². The number of nitrogens with zero attached hydrogens (tertiary/aromatic N) is 3. The predicted octanol–water partition coefficient (Wildman–Crippen LogP) is 2.01. The van der Waals surface area contributed by atoms with Crippen LogP contribution in [0.3, 0.4) is 0 Å². The first-order chi connectivity index (χ1) is 8.25. The lowest BCUT2D eigenvalue weighted by Crippen LogP contribution is -1.95. The number of nitrogens with two attached hydrogens (primary N) is 1. The van der Waals surface area contributed by atoms with Crippen LogP contribution in [0.4, 0.5) is 5.82 Å². The summed E-state index contributed by atoms with van der Waals surface area (Å²) in [4.78, 5) is 8.65. The summed E-state index contributed by atoms with van der Waals surface area (Å²) in [6.45, 7) is 0.852. The van der Waals surface area contributed by atoms with Crippen LogP contribution in [0, 0.1) is 0 Å². The predicted molar refractivity (Wildman–Crippen MR) is 71.1 cm³/mol. The number of aromatic nitrogens is 2. The smallest absolute Gasteiger partial charge is 0.124 e. The Morgan fingerprint density at radius 2 is 2.24 bits per heavy atom. The molecular formula is C13H14N4.